The number of carbonyl (C=O) groups excluding carboxylic acids is 1. The van der Waals surface area contributed by atoms with Crippen LogP contribution in [0, 0.1) is 5.92 Å². The SMILES string of the molecule is O=C(O)CC1CCN(C(=O)COc2cc(Cl)cc(Cl)c2)CC1. The molecule has 2 rings (SSSR count). The number of piperidine rings is 1. The van der Waals surface area contributed by atoms with Gasteiger partial charge >= 0.3 is 5.97 Å². The maximum atomic E-state index is 12.1. The summed E-state index contributed by atoms with van der Waals surface area (Å²) in [5.74, 6) is -0.309. The molecule has 7 heteroatoms. The average Bonchev–Trinajstić information content (AvgIpc) is 2.44. The van der Waals surface area contributed by atoms with Gasteiger partial charge in [-0.1, -0.05) is 23.2 Å². The molecule has 1 aliphatic rings. The molecule has 0 bridgehead atoms. The monoisotopic (exact) mass is 345 g/mol. The van der Waals surface area contributed by atoms with E-state index in [9.17, 15) is 9.59 Å². The van der Waals surface area contributed by atoms with E-state index in [0.29, 0.717) is 41.7 Å². The van der Waals surface area contributed by atoms with Crippen LogP contribution >= 0.6 is 23.2 Å². The Bertz CT molecular complexity index is 536. The van der Waals surface area contributed by atoms with Crippen LogP contribution in [-0.2, 0) is 9.59 Å². The van der Waals surface area contributed by atoms with Gasteiger partial charge in [0.05, 0.1) is 0 Å². The minimum Gasteiger partial charge on any atom is -0.484 e. The molecular weight excluding hydrogens is 329 g/mol. The molecule has 1 fully saturated rings. The van der Waals surface area contributed by atoms with Gasteiger partial charge in [-0.2, -0.15) is 0 Å². The van der Waals surface area contributed by atoms with Crippen molar-refractivity contribution in [3.63, 3.8) is 0 Å². The summed E-state index contributed by atoms with van der Waals surface area (Å²) in [4.78, 5) is 24.5. The summed E-state index contributed by atoms with van der Waals surface area (Å²) >= 11 is 11.7. The molecule has 120 valence electrons. The lowest BCUT2D eigenvalue weighted by molar-refractivity contribution is -0.139. The van der Waals surface area contributed by atoms with E-state index < -0.39 is 5.97 Å². The van der Waals surface area contributed by atoms with Crippen LogP contribution in [0.4, 0.5) is 0 Å². The lowest BCUT2D eigenvalue weighted by atomic mass is 9.94. The van der Waals surface area contributed by atoms with Crippen LogP contribution in [0.1, 0.15) is 19.3 Å². The van der Waals surface area contributed by atoms with Gasteiger partial charge in [0.1, 0.15) is 5.75 Å². The van der Waals surface area contributed by atoms with Crippen LogP contribution in [0.25, 0.3) is 0 Å². The number of carboxylic acids is 1. The standard InChI is InChI=1S/C15H17Cl2NO4/c16-11-6-12(17)8-13(7-11)22-9-14(19)18-3-1-10(2-4-18)5-15(20)21/h6-8,10H,1-5,9H2,(H,20,21). The molecule has 1 aromatic carbocycles. The smallest absolute Gasteiger partial charge is 0.303 e. The fraction of sp³-hybridized carbons (Fsp3) is 0.467. The van der Waals surface area contributed by atoms with E-state index in [1.807, 2.05) is 0 Å². The first-order valence-electron chi connectivity index (χ1n) is 7.02. The molecular formula is C15H17Cl2NO4. The summed E-state index contributed by atoms with van der Waals surface area (Å²) in [5, 5.41) is 9.67. The zero-order valence-corrected chi connectivity index (χ0v) is 13.4. The third kappa shape index (κ3) is 5.07. The highest BCUT2D eigenvalue weighted by Gasteiger charge is 2.24. The van der Waals surface area contributed by atoms with E-state index in [-0.39, 0.29) is 24.9 Å². The third-order valence-corrected chi connectivity index (χ3v) is 4.07. The van der Waals surface area contributed by atoms with E-state index >= 15 is 0 Å². The number of likely N-dealkylation sites (tertiary alicyclic amines) is 1. The van der Waals surface area contributed by atoms with E-state index in [0.717, 1.165) is 0 Å². The molecule has 0 aliphatic carbocycles. The highest BCUT2D eigenvalue weighted by atomic mass is 35.5. The first kappa shape index (κ1) is 16.9. The zero-order valence-electron chi connectivity index (χ0n) is 11.9. The Hall–Kier alpha value is -1.46. The number of ether oxygens (including phenoxy) is 1. The Kier molecular flexibility index (Phi) is 5.91. The average molecular weight is 346 g/mol. The lowest BCUT2D eigenvalue weighted by Crippen LogP contribution is -2.41. The number of hydrogen-bond donors (Lipinski definition) is 1. The van der Waals surface area contributed by atoms with Crippen molar-refractivity contribution in [2.24, 2.45) is 5.92 Å². The number of amides is 1. The van der Waals surface area contributed by atoms with Gasteiger partial charge in [0.2, 0.25) is 0 Å². The molecule has 1 saturated heterocycles. The second-order valence-corrected chi connectivity index (χ2v) is 6.19. The summed E-state index contributed by atoms with van der Waals surface area (Å²) < 4.78 is 5.42. The van der Waals surface area contributed by atoms with Crippen molar-refractivity contribution in [2.45, 2.75) is 19.3 Å². The molecule has 0 unspecified atom stereocenters. The number of aliphatic carboxylic acids is 1. The summed E-state index contributed by atoms with van der Waals surface area (Å²) in [6.45, 7) is 1.05. The van der Waals surface area contributed by atoms with Crippen LogP contribution < -0.4 is 4.74 Å². The minimum atomic E-state index is -0.786. The van der Waals surface area contributed by atoms with Gasteiger partial charge in [-0.3, -0.25) is 9.59 Å². The molecule has 1 heterocycles. The molecule has 0 aromatic heterocycles. The molecule has 0 atom stereocenters. The van der Waals surface area contributed by atoms with E-state index in [2.05, 4.69) is 0 Å². The van der Waals surface area contributed by atoms with Crippen molar-refractivity contribution in [1.29, 1.82) is 0 Å². The van der Waals surface area contributed by atoms with Crippen molar-refractivity contribution in [3.05, 3.63) is 28.2 Å². The Labute approximate surface area is 138 Å². The Morgan fingerprint density at radius 2 is 1.77 bits per heavy atom. The Morgan fingerprint density at radius 3 is 2.32 bits per heavy atom. The molecule has 1 N–H and O–H groups in total. The van der Waals surface area contributed by atoms with Gasteiger partial charge in [-0.25, -0.2) is 0 Å². The molecule has 0 radical (unpaired) electrons. The van der Waals surface area contributed by atoms with Crippen LogP contribution in [0.5, 0.6) is 5.75 Å². The van der Waals surface area contributed by atoms with E-state index in [1.165, 1.54) is 0 Å². The van der Waals surface area contributed by atoms with Gasteiger partial charge in [0, 0.05) is 29.6 Å². The fourth-order valence-corrected chi connectivity index (χ4v) is 2.99. The third-order valence-electron chi connectivity index (χ3n) is 3.63. The highest BCUT2D eigenvalue weighted by Crippen LogP contribution is 2.24. The zero-order chi connectivity index (χ0) is 16.1. The van der Waals surface area contributed by atoms with Crippen LogP contribution in [0.15, 0.2) is 18.2 Å². The van der Waals surface area contributed by atoms with E-state index in [1.54, 1.807) is 23.1 Å². The van der Waals surface area contributed by atoms with Crippen LogP contribution in [-0.4, -0.2) is 41.6 Å². The number of benzene rings is 1. The van der Waals surface area contributed by atoms with Crippen molar-refractivity contribution < 1.29 is 19.4 Å². The second kappa shape index (κ2) is 7.70. The summed E-state index contributed by atoms with van der Waals surface area (Å²) in [7, 11) is 0. The van der Waals surface area contributed by atoms with Crippen LogP contribution in [0.2, 0.25) is 10.0 Å². The van der Waals surface area contributed by atoms with Gasteiger partial charge in [-0.05, 0) is 37.0 Å². The maximum Gasteiger partial charge on any atom is 0.303 e. The molecule has 22 heavy (non-hydrogen) atoms. The number of hydrogen-bond acceptors (Lipinski definition) is 3. The number of rotatable bonds is 5. The topological polar surface area (TPSA) is 66.8 Å². The van der Waals surface area contributed by atoms with Crippen LogP contribution in [0.3, 0.4) is 0 Å². The number of carboxylic acid groups (broad SMARTS) is 1. The Morgan fingerprint density at radius 1 is 1.18 bits per heavy atom. The highest BCUT2D eigenvalue weighted by molar-refractivity contribution is 6.34. The lowest BCUT2D eigenvalue weighted by Gasteiger charge is -2.31. The molecule has 0 spiro atoms. The van der Waals surface area contributed by atoms with Gasteiger partial charge < -0.3 is 14.7 Å². The molecule has 0 saturated carbocycles. The number of carbonyl (C=O) groups is 2. The van der Waals surface area contributed by atoms with Gasteiger partial charge in [0.25, 0.3) is 5.91 Å². The van der Waals surface area contributed by atoms with Crippen molar-refractivity contribution >= 4 is 35.1 Å². The molecule has 1 aromatic rings. The molecule has 1 aliphatic heterocycles. The first-order chi connectivity index (χ1) is 10.4. The first-order valence-corrected chi connectivity index (χ1v) is 7.78. The summed E-state index contributed by atoms with van der Waals surface area (Å²) in [5.41, 5.74) is 0. The van der Waals surface area contributed by atoms with E-state index in [4.69, 9.17) is 33.0 Å². The van der Waals surface area contributed by atoms with Crippen molar-refractivity contribution in [3.8, 4) is 5.75 Å². The predicted octanol–water partition coefficient (Wildman–Crippen LogP) is 3.09. The normalized spacial score (nSPS) is 15.6. The van der Waals surface area contributed by atoms with Crippen molar-refractivity contribution in [1.82, 2.24) is 4.90 Å². The largest absolute Gasteiger partial charge is 0.484 e. The minimum absolute atomic E-state index is 0.0831. The Balaban J connectivity index is 1.80. The predicted molar refractivity (Wildman–Crippen MR) is 83.5 cm³/mol. The van der Waals surface area contributed by atoms with Gasteiger partial charge in [0.15, 0.2) is 6.61 Å². The summed E-state index contributed by atoms with van der Waals surface area (Å²) in [6, 6.07) is 4.78. The second-order valence-electron chi connectivity index (χ2n) is 5.32. The molecule has 5 nitrogen and oxygen atoms in total. The van der Waals surface area contributed by atoms with Gasteiger partial charge in [-0.15, -0.1) is 0 Å². The maximum absolute atomic E-state index is 12.1. The number of nitrogens with zero attached hydrogens (tertiary/aromatic N) is 1. The number of halogens is 2. The quantitative estimate of drug-likeness (QED) is 0.890. The fourth-order valence-electron chi connectivity index (χ4n) is 2.48. The molecule has 1 amide bonds. The summed E-state index contributed by atoms with van der Waals surface area (Å²) in [6.07, 6.45) is 1.58. The van der Waals surface area contributed by atoms with Crippen molar-refractivity contribution in [2.75, 3.05) is 19.7 Å².